The molecule has 0 spiro atoms. The van der Waals surface area contributed by atoms with Gasteiger partial charge >= 0.3 is 0 Å². The average molecular weight is 212 g/mol. The first-order valence-corrected chi connectivity index (χ1v) is 6.01. The zero-order valence-corrected chi connectivity index (χ0v) is 10.2. The number of nitrogens with two attached hydrogens (primary N) is 1. The SMILES string of the molecule is CC(C)C(C)NC(=O)CC1(N)CCCC1. The highest BCUT2D eigenvalue weighted by Crippen LogP contribution is 2.29. The lowest BCUT2D eigenvalue weighted by Crippen LogP contribution is -2.45. The Hall–Kier alpha value is -0.570. The molecule has 1 unspecified atom stereocenters. The third kappa shape index (κ3) is 3.82. The van der Waals surface area contributed by atoms with Gasteiger partial charge in [0, 0.05) is 18.0 Å². The van der Waals surface area contributed by atoms with E-state index in [1.54, 1.807) is 0 Å². The van der Waals surface area contributed by atoms with Gasteiger partial charge in [0.25, 0.3) is 0 Å². The molecule has 15 heavy (non-hydrogen) atoms. The Labute approximate surface area is 92.8 Å². The lowest BCUT2D eigenvalue weighted by atomic mass is 9.94. The third-order valence-corrected chi connectivity index (χ3v) is 3.50. The molecule has 1 fully saturated rings. The Morgan fingerprint density at radius 1 is 1.33 bits per heavy atom. The van der Waals surface area contributed by atoms with E-state index in [1.807, 2.05) is 6.92 Å². The van der Waals surface area contributed by atoms with Crippen molar-refractivity contribution in [2.45, 2.75) is 64.5 Å². The molecule has 0 heterocycles. The minimum absolute atomic E-state index is 0.112. The zero-order chi connectivity index (χ0) is 11.5. The van der Waals surface area contributed by atoms with E-state index in [0.717, 1.165) is 12.8 Å². The van der Waals surface area contributed by atoms with E-state index in [1.165, 1.54) is 12.8 Å². The largest absolute Gasteiger partial charge is 0.353 e. The van der Waals surface area contributed by atoms with Gasteiger partial charge in [-0.1, -0.05) is 26.7 Å². The summed E-state index contributed by atoms with van der Waals surface area (Å²) in [7, 11) is 0. The maximum atomic E-state index is 11.7. The molecule has 1 saturated carbocycles. The second-order valence-corrected chi connectivity index (χ2v) is 5.35. The predicted octanol–water partition coefficient (Wildman–Crippen LogP) is 1.81. The molecule has 1 amide bonds. The highest BCUT2D eigenvalue weighted by Gasteiger charge is 2.31. The van der Waals surface area contributed by atoms with Crippen LogP contribution < -0.4 is 11.1 Å². The monoisotopic (exact) mass is 212 g/mol. The van der Waals surface area contributed by atoms with Crippen LogP contribution in [0.4, 0.5) is 0 Å². The van der Waals surface area contributed by atoms with Crippen molar-refractivity contribution in [2.24, 2.45) is 11.7 Å². The number of hydrogen-bond donors (Lipinski definition) is 2. The van der Waals surface area contributed by atoms with Gasteiger partial charge in [-0.2, -0.15) is 0 Å². The van der Waals surface area contributed by atoms with Crippen molar-refractivity contribution < 1.29 is 4.79 Å². The number of nitrogens with one attached hydrogen (secondary N) is 1. The van der Waals surface area contributed by atoms with E-state index in [0.29, 0.717) is 12.3 Å². The molecule has 1 rings (SSSR count). The summed E-state index contributed by atoms with van der Waals surface area (Å²) in [6.07, 6.45) is 4.82. The zero-order valence-electron chi connectivity index (χ0n) is 10.2. The molecule has 0 aromatic heterocycles. The number of amides is 1. The van der Waals surface area contributed by atoms with Crippen LogP contribution >= 0.6 is 0 Å². The summed E-state index contributed by atoms with van der Waals surface area (Å²) in [5.41, 5.74) is 5.93. The molecule has 1 aliphatic carbocycles. The van der Waals surface area contributed by atoms with Crippen LogP contribution in [0.3, 0.4) is 0 Å². The minimum atomic E-state index is -0.221. The first-order chi connectivity index (χ1) is 6.93. The highest BCUT2D eigenvalue weighted by atomic mass is 16.1. The Morgan fingerprint density at radius 2 is 1.87 bits per heavy atom. The minimum Gasteiger partial charge on any atom is -0.353 e. The quantitative estimate of drug-likeness (QED) is 0.746. The molecule has 3 nitrogen and oxygen atoms in total. The fourth-order valence-electron chi connectivity index (χ4n) is 2.05. The molecule has 0 saturated heterocycles. The number of carbonyl (C=O) groups is 1. The number of carbonyl (C=O) groups excluding carboxylic acids is 1. The van der Waals surface area contributed by atoms with Crippen molar-refractivity contribution in [3.63, 3.8) is 0 Å². The first-order valence-electron chi connectivity index (χ1n) is 6.01. The van der Waals surface area contributed by atoms with Gasteiger partial charge in [-0.25, -0.2) is 0 Å². The van der Waals surface area contributed by atoms with E-state index in [2.05, 4.69) is 19.2 Å². The van der Waals surface area contributed by atoms with Crippen LogP contribution in [0.1, 0.15) is 52.9 Å². The van der Waals surface area contributed by atoms with Crippen LogP contribution in [0, 0.1) is 5.92 Å². The standard InChI is InChI=1S/C12H24N2O/c1-9(2)10(3)14-11(15)8-12(13)6-4-5-7-12/h9-10H,4-8,13H2,1-3H3,(H,14,15). The molecule has 0 radical (unpaired) electrons. The van der Waals surface area contributed by atoms with E-state index < -0.39 is 0 Å². The van der Waals surface area contributed by atoms with Crippen LogP contribution in [-0.2, 0) is 4.79 Å². The van der Waals surface area contributed by atoms with Gasteiger partial charge in [-0.05, 0) is 25.7 Å². The second kappa shape index (κ2) is 4.97. The molecular formula is C12H24N2O. The summed E-state index contributed by atoms with van der Waals surface area (Å²) in [4.78, 5) is 11.7. The van der Waals surface area contributed by atoms with Crippen LogP contribution in [0.25, 0.3) is 0 Å². The van der Waals surface area contributed by atoms with Crippen molar-refractivity contribution in [2.75, 3.05) is 0 Å². The van der Waals surface area contributed by atoms with Gasteiger partial charge in [0.1, 0.15) is 0 Å². The first kappa shape index (κ1) is 12.5. The van der Waals surface area contributed by atoms with Crippen molar-refractivity contribution in [3.8, 4) is 0 Å². The Balaban J connectivity index is 2.35. The Bertz CT molecular complexity index is 220. The molecule has 1 aliphatic rings. The number of rotatable bonds is 4. The second-order valence-electron chi connectivity index (χ2n) is 5.35. The summed E-state index contributed by atoms with van der Waals surface area (Å²) in [6.45, 7) is 6.26. The smallest absolute Gasteiger partial charge is 0.222 e. The molecular weight excluding hydrogens is 188 g/mol. The van der Waals surface area contributed by atoms with E-state index >= 15 is 0 Å². The predicted molar refractivity (Wildman–Crippen MR) is 62.4 cm³/mol. The van der Waals surface area contributed by atoms with Gasteiger partial charge in [-0.15, -0.1) is 0 Å². The van der Waals surface area contributed by atoms with Crippen LogP contribution in [-0.4, -0.2) is 17.5 Å². The molecule has 88 valence electrons. The van der Waals surface area contributed by atoms with Crippen molar-refractivity contribution >= 4 is 5.91 Å². The van der Waals surface area contributed by atoms with Crippen molar-refractivity contribution in [3.05, 3.63) is 0 Å². The van der Waals surface area contributed by atoms with E-state index in [4.69, 9.17) is 5.73 Å². The van der Waals surface area contributed by atoms with Gasteiger partial charge in [0.2, 0.25) is 5.91 Å². The molecule has 0 aromatic carbocycles. The lowest BCUT2D eigenvalue weighted by Gasteiger charge is -2.25. The average Bonchev–Trinajstić information content (AvgIpc) is 2.50. The van der Waals surface area contributed by atoms with Crippen LogP contribution in [0.5, 0.6) is 0 Å². The maximum Gasteiger partial charge on any atom is 0.222 e. The van der Waals surface area contributed by atoms with Crippen LogP contribution in [0.15, 0.2) is 0 Å². The molecule has 0 aliphatic heterocycles. The lowest BCUT2D eigenvalue weighted by molar-refractivity contribution is -0.123. The topological polar surface area (TPSA) is 55.1 Å². The normalized spacial score (nSPS) is 21.7. The van der Waals surface area contributed by atoms with E-state index in [9.17, 15) is 4.79 Å². The highest BCUT2D eigenvalue weighted by molar-refractivity contribution is 5.77. The molecule has 0 bridgehead atoms. The van der Waals surface area contributed by atoms with Gasteiger partial charge in [0.05, 0.1) is 0 Å². The summed E-state index contributed by atoms with van der Waals surface area (Å²) in [5.74, 6) is 0.590. The Kier molecular flexibility index (Phi) is 4.14. The van der Waals surface area contributed by atoms with Crippen molar-refractivity contribution in [1.29, 1.82) is 0 Å². The summed E-state index contributed by atoms with van der Waals surface area (Å²) < 4.78 is 0. The van der Waals surface area contributed by atoms with E-state index in [-0.39, 0.29) is 17.5 Å². The molecule has 1 atom stereocenters. The van der Waals surface area contributed by atoms with Gasteiger partial charge < -0.3 is 11.1 Å². The maximum absolute atomic E-state index is 11.7. The molecule has 3 N–H and O–H groups in total. The number of hydrogen-bond acceptors (Lipinski definition) is 2. The summed E-state index contributed by atoms with van der Waals surface area (Å²) in [6, 6.07) is 0.238. The van der Waals surface area contributed by atoms with Crippen molar-refractivity contribution in [1.82, 2.24) is 5.32 Å². The Morgan fingerprint density at radius 3 is 2.33 bits per heavy atom. The third-order valence-electron chi connectivity index (χ3n) is 3.50. The summed E-state index contributed by atoms with van der Waals surface area (Å²) >= 11 is 0. The molecule has 0 aromatic rings. The fraction of sp³-hybridized carbons (Fsp3) is 0.917. The van der Waals surface area contributed by atoms with Gasteiger partial charge in [0.15, 0.2) is 0 Å². The molecule has 3 heteroatoms. The fourth-order valence-corrected chi connectivity index (χ4v) is 2.05. The van der Waals surface area contributed by atoms with Crippen LogP contribution in [0.2, 0.25) is 0 Å². The van der Waals surface area contributed by atoms with Gasteiger partial charge in [-0.3, -0.25) is 4.79 Å². The summed E-state index contributed by atoms with van der Waals surface area (Å²) in [5, 5.41) is 3.01.